The van der Waals surface area contributed by atoms with Crippen LogP contribution < -0.4 is 21.7 Å². The maximum Gasteiger partial charge on any atom is 0.244 e. The van der Waals surface area contributed by atoms with E-state index in [1.807, 2.05) is 6.08 Å². The van der Waals surface area contributed by atoms with Gasteiger partial charge in [-0.1, -0.05) is 101 Å². The molecule has 0 aromatic heterocycles. The van der Waals surface area contributed by atoms with Crippen LogP contribution in [0.25, 0.3) is 0 Å². The number of nitrogens with two attached hydrogens (primary N) is 1. The van der Waals surface area contributed by atoms with Gasteiger partial charge in [0, 0.05) is 30.5 Å². The summed E-state index contributed by atoms with van der Waals surface area (Å²) >= 11 is 0. The third-order valence-electron chi connectivity index (χ3n) is 6.76. The number of likely N-dealkylation sites (N-methyl/N-ethyl adjacent to an activating group) is 1. The lowest BCUT2D eigenvalue weighted by Crippen LogP contribution is -2.59. The molecule has 276 valence electrons. The van der Waals surface area contributed by atoms with Crippen molar-refractivity contribution in [3.63, 3.8) is 0 Å². The van der Waals surface area contributed by atoms with Gasteiger partial charge in [0.15, 0.2) is 5.96 Å². The second-order valence-electron chi connectivity index (χ2n) is 11.6. The van der Waals surface area contributed by atoms with Crippen molar-refractivity contribution in [2.24, 2.45) is 5.73 Å². The lowest BCUT2D eigenvalue weighted by Gasteiger charge is -2.34. The van der Waals surface area contributed by atoms with Crippen LogP contribution >= 0.6 is 21.6 Å². The number of aliphatic hydroxyl groups is 2. The number of aliphatic hydroxyl groups excluding tert-OH is 2. The van der Waals surface area contributed by atoms with Gasteiger partial charge in [-0.05, 0) is 58.8 Å². The number of carbonyl (C=O) groups excluding carboxylic acids is 3. The van der Waals surface area contributed by atoms with Gasteiger partial charge >= 0.3 is 0 Å². The predicted molar refractivity (Wildman–Crippen MR) is 207 cm³/mol. The summed E-state index contributed by atoms with van der Waals surface area (Å²) in [5, 5.41) is 34.4. The summed E-state index contributed by atoms with van der Waals surface area (Å²) < 4.78 is -0.811. The van der Waals surface area contributed by atoms with Crippen molar-refractivity contribution in [3.05, 3.63) is 72.9 Å². The van der Waals surface area contributed by atoms with E-state index in [4.69, 9.17) is 11.1 Å². The monoisotopic (exact) mass is 720 g/mol. The highest BCUT2D eigenvalue weighted by Gasteiger charge is 2.38. The highest BCUT2D eigenvalue weighted by atomic mass is 33.1. The number of nitrogens with one attached hydrogen (secondary N) is 4. The fraction of sp³-hybridized carbons (Fsp3) is 0.556. The second kappa shape index (κ2) is 29.6. The van der Waals surface area contributed by atoms with E-state index >= 15 is 0 Å². The van der Waals surface area contributed by atoms with E-state index in [1.165, 1.54) is 33.5 Å². The van der Waals surface area contributed by atoms with Crippen LogP contribution in [-0.2, 0) is 14.4 Å². The highest BCUT2D eigenvalue weighted by molar-refractivity contribution is 8.77. The molecule has 0 saturated carbocycles. The number of hydrogen-bond acceptors (Lipinski definition) is 8. The van der Waals surface area contributed by atoms with Gasteiger partial charge in [-0.3, -0.25) is 19.8 Å². The third kappa shape index (κ3) is 25.4. The largest absolute Gasteiger partial charge is 0.394 e. The zero-order valence-corrected chi connectivity index (χ0v) is 31.4. The summed E-state index contributed by atoms with van der Waals surface area (Å²) in [6.45, 7) is 5.03. The molecule has 0 spiro atoms. The Morgan fingerprint density at radius 2 is 1.31 bits per heavy atom. The lowest BCUT2D eigenvalue weighted by molar-refractivity contribution is -0.130. The van der Waals surface area contributed by atoms with Gasteiger partial charge in [0.05, 0.1) is 25.8 Å². The van der Waals surface area contributed by atoms with Crippen LogP contribution in [0, 0.1) is 5.41 Å². The van der Waals surface area contributed by atoms with Crippen molar-refractivity contribution in [2.75, 3.05) is 39.1 Å². The molecule has 0 rings (SSSR count). The molecule has 0 saturated heterocycles. The molecule has 11 nitrogen and oxygen atoms in total. The Bertz CT molecular complexity index is 1130. The summed E-state index contributed by atoms with van der Waals surface area (Å²) in [6.07, 6.45) is 32.5. The quantitative estimate of drug-likeness (QED) is 0.0211. The Balaban J connectivity index is 4.38. The first kappa shape index (κ1) is 45.7. The molecule has 1 atom stereocenters. The standard InChI is InChI=1S/C36H60N6O5S2/c1-5-6-7-8-9-10-11-12-13-14-15-16-17-18-19-20-21-22-23-24-31(45)39-25-26-48-49-36(2,3)33(34(47)40-30(28-43)29-44)41-32(46)27-42(4)35(37)38/h6-7,9-10,12-13,15-16,18-19,21-22,30,33,43-44H,5,8,11,14,17,20,23-29H2,1-4H3,(H3,37,38)(H,39,45)(H,40,47)(H,41,46)/b7-6-,10-9-,13-12-,16-15-,19-18-,22-21-/t33-/m1/s1. The molecule has 0 bridgehead atoms. The molecule has 0 radical (unpaired) electrons. The van der Waals surface area contributed by atoms with Crippen LogP contribution in [0.15, 0.2) is 72.9 Å². The van der Waals surface area contributed by atoms with E-state index in [-0.39, 0.29) is 18.4 Å². The molecular formula is C36H60N6O5S2. The first-order valence-corrected chi connectivity index (χ1v) is 19.1. The van der Waals surface area contributed by atoms with Crippen molar-refractivity contribution in [1.29, 1.82) is 5.41 Å². The Labute approximate surface area is 302 Å². The van der Waals surface area contributed by atoms with Crippen molar-refractivity contribution >= 4 is 45.3 Å². The number of carbonyl (C=O) groups is 3. The molecule has 3 amide bonds. The molecule has 0 aromatic carbocycles. The van der Waals surface area contributed by atoms with E-state index in [0.717, 1.165) is 38.5 Å². The fourth-order valence-corrected chi connectivity index (χ4v) is 6.45. The maximum absolute atomic E-state index is 13.0. The zero-order chi connectivity index (χ0) is 36.8. The zero-order valence-electron chi connectivity index (χ0n) is 29.7. The van der Waals surface area contributed by atoms with Gasteiger partial charge in [-0.2, -0.15) is 0 Å². The Morgan fingerprint density at radius 3 is 1.78 bits per heavy atom. The summed E-state index contributed by atoms with van der Waals surface area (Å²) in [6, 6.07) is -1.89. The molecule has 0 fully saturated rings. The van der Waals surface area contributed by atoms with Crippen LogP contribution in [0.5, 0.6) is 0 Å². The lowest BCUT2D eigenvalue weighted by atomic mass is 10.0. The topological polar surface area (TPSA) is 181 Å². The van der Waals surface area contributed by atoms with Gasteiger partial charge in [-0.25, -0.2) is 0 Å². The number of hydrogen-bond donors (Lipinski definition) is 7. The van der Waals surface area contributed by atoms with Crippen LogP contribution in [0.2, 0.25) is 0 Å². The van der Waals surface area contributed by atoms with E-state index in [1.54, 1.807) is 13.8 Å². The van der Waals surface area contributed by atoms with Gasteiger partial charge in [0.1, 0.15) is 6.04 Å². The van der Waals surface area contributed by atoms with Crippen LogP contribution in [-0.4, -0.2) is 94.7 Å². The van der Waals surface area contributed by atoms with Crippen LogP contribution in [0.3, 0.4) is 0 Å². The number of allylic oxidation sites excluding steroid dienone is 12. The maximum atomic E-state index is 13.0. The SMILES string of the molecule is CC/C=C\C/C=C\C/C=C\C/C=C\C/C=C\C/C=C\CCC(=O)NCCSSC(C)(C)[C@H](NC(=O)CN(C)C(=N)N)C(=O)NC(CO)CO. The minimum Gasteiger partial charge on any atom is -0.394 e. The summed E-state index contributed by atoms with van der Waals surface area (Å²) in [5.74, 6) is -0.832. The highest BCUT2D eigenvalue weighted by Crippen LogP contribution is 2.38. The van der Waals surface area contributed by atoms with Crippen molar-refractivity contribution in [2.45, 2.75) is 89.0 Å². The van der Waals surface area contributed by atoms with E-state index < -0.39 is 41.9 Å². The van der Waals surface area contributed by atoms with Crippen LogP contribution in [0.1, 0.15) is 72.1 Å². The summed E-state index contributed by atoms with van der Waals surface area (Å²) in [5.41, 5.74) is 5.42. The first-order valence-electron chi connectivity index (χ1n) is 16.8. The molecule has 0 aliphatic carbocycles. The summed E-state index contributed by atoms with van der Waals surface area (Å²) in [7, 11) is 4.31. The normalized spacial score (nSPS) is 13.1. The van der Waals surface area contributed by atoms with E-state index in [0.29, 0.717) is 25.1 Å². The van der Waals surface area contributed by atoms with E-state index in [9.17, 15) is 24.6 Å². The minimum atomic E-state index is -1.02. The first-order chi connectivity index (χ1) is 23.5. The van der Waals surface area contributed by atoms with Crippen LogP contribution in [0.4, 0.5) is 0 Å². The molecule has 49 heavy (non-hydrogen) atoms. The molecule has 0 heterocycles. The molecule has 13 heteroatoms. The Morgan fingerprint density at radius 1 is 0.816 bits per heavy atom. The molecule has 0 aliphatic rings. The van der Waals surface area contributed by atoms with Gasteiger partial charge in [0.2, 0.25) is 17.7 Å². The molecular weight excluding hydrogens is 661 g/mol. The minimum absolute atomic E-state index is 0.0393. The predicted octanol–water partition coefficient (Wildman–Crippen LogP) is 4.52. The van der Waals surface area contributed by atoms with Gasteiger partial charge in [-0.15, -0.1) is 0 Å². The average Bonchev–Trinajstić information content (AvgIpc) is 3.06. The second-order valence-corrected chi connectivity index (χ2v) is 14.7. The number of amides is 3. The Kier molecular flexibility index (Phi) is 27.7. The number of nitrogens with zero attached hydrogens (tertiary/aromatic N) is 1. The molecule has 0 aliphatic heterocycles. The molecule has 0 unspecified atom stereocenters. The van der Waals surface area contributed by atoms with Crippen molar-refractivity contribution in [3.8, 4) is 0 Å². The smallest absolute Gasteiger partial charge is 0.244 e. The van der Waals surface area contributed by atoms with Crippen molar-refractivity contribution < 1.29 is 24.6 Å². The Hall–Kier alpha value is -3.26. The molecule has 0 aromatic rings. The number of rotatable bonds is 27. The third-order valence-corrected chi connectivity index (χ3v) is 10.1. The van der Waals surface area contributed by atoms with Crippen molar-refractivity contribution in [1.82, 2.24) is 20.9 Å². The average molecular weight is 721 g/mol. The van der Waals surface area contributed by atoms with Gasteiger partial charge < -0.3 is 36.8 Å². The number of guanidine groups is 1. The summed E-state index contributed by atoms with van der Waals surface area (Å²) in [4.78, 5) is 39.1. The fourth-order valence-electron chi connectivity index (χ4n) is 3.91. The van der Waals surface area contributed by atoms with Gasteiger partial charge in [0.25, 0.3) is 0 Å². The molecule has 8 N–H and O–H groups in total. The van der Waals surface area contributed by atoms with E-state index in [2.05, 4.69) is 89.7 Å².